The van der Waals surface area contributed by atoms with Gasteiger partial charge in [-0.3, -0.25) is 4.79 Å². The highest BCUT2D eigenvalue weighted by Crippen LogP contribution is 2.11. The van der Waals surface area contributed by atoms with E-state index in [-0.39, 0.29) is 24.3 Å². The zero-order valence-corrected chi connectivity index (χ0v) is 18.4. The second-order valence-electron chi connectivity index (χ2n) is 7.21. The minimum atomic E-state index is -0.491. The van der Waals surface area contributed by atoms with E-state index in [2.05, 4.69) is 12.2 Å². The molecule has 0 aliphatic heterocycles. The Balaban J connectivity index is 0. The third kappa shape index (κ3) is 18.3. The number of ether oxygens (including phenoxy) is 1. The predicted octanol–water partition coefficient (Wildman–Crippen LogP) is 4.90. The monoisotopic (exact) mass is 406 g/mol. The Morgan fingerprint density at radius 3 is 1.93 bits per heavy atom. The van der Waals surface area contributed by atoms with Crippen LogP contribution >= 0.6 is 12.4 Å². The summed E-state index contributed by atoms with van der Waals surface area (Å²) in [5.74, 6) is -0.360. The van der Waals surface area contributed by atoms with Crippen molar-refractivity contribution in [3.8, 4) is 0 Å². The maximum atomic E-state index is 12.1. The fourth-order valence-electron chi connectivity index (χ4n) is 3.10. The first kappa shape index (κ1) is 28.4. The van der Waals surface area contributed by atoms with Crippen LogP contribution < -0.4 is 11.1 Å². The molecule has 0 radical (unpaired) electrons. The van der Waals surface area contributed by atoms with Crippen molar-refractivity contribution < 1.29 is 14.3 Å². The smallest absolute Gasteiger partial charge is 0.328 e. The van der Waals surface area contributed by atoms with Crippen molar-refractivity contribution in [1.29, 1.82) is 0 Å². The van der Waals surface area contributed by atoms with Gasteiger partial charge in [0.15, 0.2) is 0 Å². The van der Waals surface area contributed by atoms with Gasteiger partial charge in [-0.1, -0.05) is 77.6 Å². The lowest BCUT2D eigenvalue weighted by molar-refractivity contribution is -0.145. The Bertz CT molecular complexity index is 354. The molecule has 1 amide bonds. The summed E-state index contributed by atoms with van der Waals surface area (Å²) in [5.41, 5.74) is 5.48. The number of hydrogen-bond acceptors (Lipinski definition) is 4. The summed E-state index contributed by atoms with van der Waals surface area (Å²) in [6.07, 6.45) is 16.0. The first-order valence-corrected chi connectivity index (χ1v) is 10.7. The second-order valence-corrected chi connectivity index (χ2v) is 7.21. The fourth-order valence-corrected chi connectivity index (χ4v) is 3.10. The average Bonchev–Trinajstić information content (AvgIpc) is 2.65. The molecule has 0 saturated carbocycles. The minimum absolute atomic E-state index is 0. The highest BCUT2D eigenvalue weighted by atomic mass is 35.5. The van der Waals surface area contributed by atoms with E-state index in [0.29, 0.717) is 12.8 Å². The number of rotatable bonds is 18. The lowest BCUT2D eigenvalue weighted by atomic mass is 10.0. The number of nitrogens with two attached hydrogens (primary N) is 1. The van der Waals surface area contributed by atoms with Gasteiger partial charge in [0, 0.05) is 6.42 Å². The zero-order valence-electron chi connectivity index (χ0n) is 17.6. The van der Waals surface area contributed by atoms with E-state index in [1.54, 1.807) is 0 Å². The largest absolute Gasteiger partial charge is 0.467 e. The van der Waals surface area contributed by atoms with Crippen LogP contribution in [0.5, 0.6) is 0 Å². The Kier molecular flexibility index (Phi) is 22.6. The van der Waals surface area contributed by atoms with Crippen LogP contribution in [0.15, 0.2) is 0 Å². The average molecular weight is 407 g/mol. The number of amides is 1. The first-order valence-electron chi connectivity index (χ1n) is 10.7. The van der Waals surface area contributed by atoms with E-state index in [0.717, 1.165) is 45.1 Å². The van der Waals surface area contributed by atoms with Crippen LogP contribution in [0.25, 0.3) is 0 Å². The maximum absolute atomic E-state index is 12.1. The van der Waals surface area contributed by atoms with E-state index in [9.17, 15) is 9.59 Å². The van der Waals surface area contributed by atoms with Crippen molar-refractivity contribution in [3.05, 3.63) is 0 Å². The van der Waals surface area contributed by atoms with E-state index in [1.165, 1.54) is 52.1 Å². The summed E-state index contributed by atoms with van der Waals surface area (Å²) in [5, 5.41) is 2.86. The number of carbonyl (C=O) groups excluding carboxylic acids is 2. The second kappa shape index (κ2) is 21.5. The quantitative estimate of drug-likeness (QED) is 0.250. The van der Waals surface area contributed by atoms with E-state index in [1.807, 2.05) is 0 Å². The van der Waals surface area contributed by atoms with E-state index in [4.69, 9.17) is 10.5 Å². The molecule has 0 fully saturated rings. The summed E-state index contributed by atoms with van der Waals surface area (Å²) >= 11 is 0. The number of nitrogens with one attached hydrogen (secondary N) is 1. The molecule has 0 saturated heterocycles. The van der Waals surface area contributed by atoms with Gasteiger partial charge in [0.05, 0.1) is 7.11 Å². The van der Waals surface area contributed by atoms with Crippen LogP contribution in [0, 0.1) is 0 Å². The summed E-state index contributed by atoms with van der Waals surface area (Å²) in [6, 6.07) is -0.491. The van der Waals surface area contributed by atoms with Crippen molar-refractivity contribution in [2.75, 3.05) is 13.7 Å². The molecule has 0 heterocycles. The number of carbonyl (C=O) groups is 2. The van der Waals surface area contributed by atoms with E-state index < -0.39 is 6.04 Å². The Hall–Kier alpha value is -0.810. The van der Waals surface area contributed by atoms with Crippen molar-refractivity contribution in [1.82, 2.24) is 5.32 Å². The molecule has 0 bridgehead atoms. The van der Waals surface area contributed by atoms with Crippen LogP contribution in [-0.4, -0.2) is 31.6 Å². The number of methoxy groups -OCH3 is 1. The number of hydrogen-bond donors (Lipinski definition) is 2. The molecular formula is C21H43ClN2O3. The molecule has 27 heavy (non-hydrogen) atoms. The molecule has 0 aromatic carbocycles. The number of esters is 1. The normalized spacial score (nSPS) is 11.5. The van der Waals surface area contributed by atoms with E-state index >= 15 is 0 Å². The van der Waals surface area contributed by atoms with Gasteiger partial charge in [0.2, 0.25) is 5.91 Å². The van der Waals surface area contributed by atoms with Gasteiger partial charge in [0.1, 0.15) is 6.04 Å². The molecule has 1 unspecified atom stereocenters. The summed E-state index contributed by atoms with van der Waals surface area (Å²) in [6.45, 7) is 2.98. The van der Waals surface area contributed by atoms with Crippen molar-refractivity contribution in [2.45, 2.75) is 109 Å². The molecular weight excluding hydrogens is 364 g/mol. The minimum Gasteiger partial charge on any atom is -0.467 e. The summed E-state index contributed by atoms with van der Waals surface area (Å²) in [7, 11) is 1.38. The number of halogens is 1. The molecule has 0 aromatic heterocycles. The Labute approximate surface area is 173 Å². The third-order valence-electron chi connectivity index (χ3n) is 4.78. The molecule has 0 rings (SSSR count). The molecule has 0 aromatic rings. The lowest BCUT2D eigenvalue weighted by Gasteiger charge is -2.16. The van der Waals surface area contributed by atoms with Gasteiger partial charge in [0.25, 0.3) is 0 Å². The van der Waals surface area contributed by atoms with Gasteiger partial charge in [-0.2, -0.15) is 0 Å². The molecule has 6 heteroatoms. The van der Waals surface area contributed by atoms with Crippen LogP contribution in [0.2, 0.25) is 0 Å². The SMILES string of the molecule is CCCCCCCCC(NC(=O)CCCCCCCCCN)C(=O)OC.Cl. The summed E-state index contributed by atoms with van der Waals surface area (Å²) < 4.78 is 4.84. The highest BCUT2D eigenvalue weighted by Gasteiger charge is 2.20. The molecule has 5 nitrogen and oxygen atoms in total. The Morgan fingerprint density at radius 1 is 0.852 bits per heavy atom. The van der Waals surface area contributed by atoms with Gasteiger partial charge in [-0.15, -0.1) is 12.4 Å². The van der Waals surface area contributed by atoms with Crippen molar-refractivity contribution in [2.24, 2.45) is 5.73 Å². The van der Waals surface area contributed by atoms with Crippen molar-refractivity contribution >= 4 is 24.3 Å². The molecule has 162 valence electrons. The molecule has 0 spiro atoms. The Morgan fingerprint density at radius 2 is 1.37 bits per heavy atom. The van der Waals surface area contributed by atoms with Crippen LogP contribution in [0.4, 0.5) is 0 Å². The fraction of sp³-hybridized carbons (Fsp3) is 0.905. The van der Waals surface area contributed by atoms with Gasteiger partial charge in [-0.05, 0) is 25.8 Å². The first-order chi connectivity index (χ1) is 12.7. The lowest BCUT2D eigenvalue weighted by Crippen LogP contribution is -2.41. The van der Waals surface area contributed by atoms with Crippen LogP contribution in [0.3, 0.4) is 0 Å². The van der Waals surface area contributed by atoms with Crippen molar-refractivity contribution in [3.63, 3.8) is 0 Å². The van der Waals surface area contributed by atoms with Gasteiger partial charge < -0.3 is 15.8 Å². The predicted molar refractivity (Wildman–Crippen MR) is 115 cm³/mol. The highest BCUT2D eigenvalue weighted by molar-refractivity contribution is 5.85. The molecule has 0 aliphatic rings. The molecule has 3 N–H and O–H groups in total. The molecule has 0 aliphatic carbocycles. The van der Waals surface area contributed by atoms with Gasteiger partial charge in [-0.25, -0.2) is 4.79 Å². The molecule has 1 atom stereocenters. The third-order valence-corrected chi connectivity index (χ3v) is 4.78. The van der Waals surface area contributed by atoms with Crippen LogP contribution in [0.1, 0.15) is 103 Å². The van der Waals surface area contributed by atoms with Gasteiger partial charge >= 0.3 is 5.97 Å². The van der Waals surface area contributed by atoms with Crippen LogP contribution in [-0.2, 0) is 14.3 Å². The number of unbranched alkanes of at least 4 members (excludes halogenated alkanes) is 11. The summed E-state index contributed by atoms with van der Waals surface area (Å²) in [4.78, 5) is 24.0. The maximum Gasteiger partial charge on any atom is 0.328 e. The standard InChI is InChI=1S/C21H42N2O3.ClH/c1-3-4-5-6-10-13-16-19(21(25)26-2)23-20(24)17-14-11-8-7-9-12-15-18-22;/h19H,3-18,22H2,1-2H3,(H,23,24);1H. The topological polar surface area (TPSA) is 81.4 Å². The zero-order chi connectivity index (χ0) is 19.5.